The van der Waals surface area contributed by atoms with Crippen LogP contribution in [0.4, 0.5) is 4.79 Å². The van der Waals surface area contributed by atoms with E-state index in [0.717, 1.165) is 37.3 Å². The lowest BCUT2D eigenvalue weighted by molar-refractivity contribution is -0.897. The van der Waals surface area contributed by atoms with Crippen molar-refractivity contribution in [3.05, 3.63) is 0 Å². The number of urea groups is 1. The van der Waals surface area contributed by atoms with Gasteiger partial charge in [0.1, 0.15) is 0 Å². The monoisotopic (exact) mass is 314 g/mol. The van der Waals surface area contributed by atoms with Gasteiger partial charge in [-0.3, -0.25) is 14.9 Å². The highest BCUT2D eigenvalue weighted by atomic mass is 16.5. The highest BCUT2D eigenvalue weighted by molar-refractivity contribution is 5.94. The summed E-state index contributed by atoms with van der Waals surface area (Å²) in [5, 5.41) is 5.04. The largest absolute Gasteiger partial charge is 0.466 e. The normalized spacial score (nSPS) is 22.5. The molecule has 1 rings (SSSR count). The molecule has 0 bridgehead atoms. The molecule has 0 spiro atoms. The predicted octanol–water partition coefficient (Wildman–Crippen LogP) is -0.531. The van der Waals surface area contributed by atoms with Gasteiger partial charge >= 0.3 is 12.0 Å². The van der Waals surface area contributed by atoms with Gasteiger partial charge < -0.3 is 15.0 Å². The van der Waals surface area contributed by atoms with Crippen LogP contribution in [0.15, 0.2) is 0 Å². The fourth-order valence-corrected chi connectivity index (χ4v) is 2.46. The van der Waals surface area contributed by atoms with Crippen LogP contribution in [0.3, 0.4) is 0 Å². The second-order valence-corrected chi connectivity index (χ2v) is 5.78. The lowest BCUT2D eigenvalue weighted by Crippen LogP contribution is -3.14. The molecule has 0 aromatic rings. The maximum absolute atomic E-state index is 11.8. The average Bonchev–Trinajstić information content (AvgIpc) is 2.47. The Morgan fingerprint density at radius 1 is 1.23 bits per heavy atom. The summed E-state index contributed by atoms with van der Waals surface area (Å²) >= 11 is 0. The van der Waals surface area contributed by atoms with Gasteiger partial charge in [-0.1, -0.05) is 6.92 Å². The van der Waals surface area contributed by atoms with Crippen molar-refractivity contribution >= 4 is 17.9 Å². The van der Waals surface area contributed by atoms with Gasteiger partial charge in [0.2, 0.25) is 0 Å². The van der Waals surface area contributed by atoms with E-state index < -0.39 is 6.03 Å². The van der Waals surface area contributed by atoms with E-state index in [0.29, 0.717) is 6.61 Å². The molecule has 0 aliphatic carbocycles. The van der Waals surface area contributed by atoms with E-state index in [-0.39, 0.29) is 30.4 Å². The Hall–Kier alpha value is -1.63. The van der Waals surface area contributed by atoms with Crippen LogP contribution in [0.1, 0.15) is 40.0 Å². The molecule has 1 aliphatic rings. The van der Waals surface area contributed by atoms with E-state index in [2.05, 4.69) is 10.6 Å². The number of quaternary nitrogens is 1. The number of carbonyl (C=O) groups excluding carboxylic acids is 3. The maximum Gasteiger partial charge on any atom is 0.321 e. The molecule has 3 amide bonds. The molecule has 0 radical (unpaired) electrons. The second kappa shape index (κ2) is 9.40. The van der Waals surface area contributed by atoms with E-state index in [9.17, 15) is 14.4 Å². The van der Waals surface area contributed by atoms with Gasteiger partial charge in [0.15, 0.2) is 6.54 Å². The van der Waals surface area contributed by atoms with Gasteiger partial charge in [-0.25, -0.2) is 4.79 Å². The standard InChI is InChI=1S/C15H27N3O4/c1-4-11(3)16-15(21)17-13(19)10-18-8-6-12(7-9-18)14(20)22-5-2/h11-12H,4-10H2,1-3H3,(H2,16,17,19,21)/p+1/t11-/m0/s1. The van der Waals surface area contributed by atoms with Crippen molar-refractivity contribution in [2.45, 2.75) is 46.1 Å². The van der Waals surface area contributed by atoms with E-state index in [1.165, 1.54) is 0 Å². The molecule has 0 aromatic carbocycles. The van der Waals surface area contributed by atoms with Gasteiger partial charge in [-0.05, 0) is 20.3 Å². The smallest absolute Gasteiger partial charge is 0.321 e. The molecule has 0 unspecified atom stereocenters. The summed E-state index contributed by atoms with van der Waals surface area (Å²) in [4.78, 5) is 36.1. The van der Waals surface area contributed by atoms with Gasteiger partial charge in [0.25, 0.3) is 5.91 Å². The molecule has 1 atom stereocenters. The molecule has 0 aromatic heterocycles. The summed E-state index contributed by atoms with van der Waals surface area (Å²) in [6.07, 6.45) is 2.26. The summed E-state index contributed by atoms with van der Waals surface area (Å²) in [7, 11) is 0. The number of ether oxygens (including phenoxy) is 1. The fraction of sp³-hybridized carbons (Fsp3) is 0.800. The summed E-state index contributed by atoms with van der Waals surface area (Å²) in [6, 6.07) is -0.402. The molecule has 7 nitrogen and oxygen atoms in total. The zero-order valence-corrected chi connectivity index (χ0v) is 13.7. The Bertz CT molecular complexity index is 392. The van der Waals surface area contributed by atoms with Crippen molar-refractivity contribution in [1.29, 1.82) is 0 Å². The van der Waals surface area contributed by atoms with E-state index >= 15 is 0 Å². The molecule has 1 saturated heterocycles. The van der Waals surface area contributed by atoms with Crippen molar-refractivity contribution < 1.29 is 24.0 Å². The molecule has 1 fully saturated rings. The van der Waals surface area contributed by atoms with Crippen LogP contribution >= 0.6 is 0 Å². The van der Waals surface area contributed by atoms with E-state index in [1.54, 1.807) is 6.92 Å². The van der Waals surface area contributed by atoms with Gasteiger partial charge in [0.05, 0.1) is 25.6 Å². The topological polar surface area (TPSA) is 88.9 Å². The highest BCUT2D eigenvalue weighted by Gasteiger charge is 2.29. The van der Waals surface area contributed by atoms with Gasteiger partial charge in [-0.2, -0.15) is 0 Å². The third kappa shape index (κ3) is 6.43. The Balaban J connectivity index is 2.27. The molecule has 7 heteroatoms. The predicted molar refractivity (Wildman–Crippen MR) is 81.3 cm³/mol. The first-order valence-corrected chi connectivity index (χ1v) is 8.06. The maximum atomic E-state index is 11.8. The number of piperidine rings is 1. The second-order valence-electron chi connectivity index (χ2n) is 5.78. The van der Waals surface area contributed by atoms with Crippen molar-refractivity contribution in [2.24, 2.45) is 5.92 Å². The van der Waals surface area contributed by atoms with E-state index in [1.807, 2.05) is 13.8 Å². The van der Waals surface area contributed by atoms with Crippen LogP contribution in [0.25, 0.3) is 0 Å². The van der Waals surface area contributed by atoms with Crippen molar-refractivity contribution in [2.75, 3.05) is 26.2 Å². The van der Waals surface area contributed by atoms with Crippen LogP contribution < -0.4 is 15.5 Å². The summed E-state index contributed by atoms with van der Waals surface area (Å²) in [5.41, 5.74) is 0. The van der Waals surface area contributed by atoms with Crippen molar-refractivity contribution in [1.82, 2.24) is 10.6 Å². The number of likely N-dealkylation sites (tertiary alicyclic amines) is 1. The zero-order valence-electron chi connectivity index (χ0n) is 13.7. The number of rotatable bonds is 6. The quantitative estimate of drug-likeness (QED) is 0.575. The third-order valence-electron chi connectivity index (χ3n) is 3.97. The molecule has 22 heavy (non-hydrogen) atoms. The first kappa shape index (κ1) is 18.4. The minimum atomic E-state index is -0.444. The van der Waals surface area contributed by atoms with Crippen LogP contribution in [-0.4, -0.2) is 50.2 Å². The number of imide groups is 1. The summed E-state index contributed by atoms with van der Waals surface area (Å²) in [6.45, 7) is 7.78. The number of carbonyl (C=O) groups is 3. The van der Waals surface area contributed by atoms with Crippen LogP contribution in [-0.2, 0) is 14.3 Å². The number of hydrogen-bond acceptors (Lipinski definition) is 4. The Labute approximate surface area is 131 Å². The first-order valence-electron chi connectivity index (χ1n) is 8.06. The van der Waals surface area contributed by atoms with Crippen LogP contribution in [0.5, 0.6) is 0 Å². The average molecular weight is 314 g/mol. The fourth-order valence-electron chi connectivity index (χ4n) is 2.46. The molecule has 3 N–H and O–H groups in total. The Morgan fingerprint density at radius 3 is 2.41 bits per heavy atom. The Morgan fingerprint density at radius 2 is 1.86 bits per heavy atom. The van der Waals surface area contributed by atoms with Gasteiger partial charge in [0, 0.05) is 18.9 Å². The molecular formula is C15H28N3O4+. The van der Waals surface area contributed by atoms with Crippen LogP contribution in [0.2, 0.25) is 0 Å². The van der Waals surface area contributed by atoms with Gasteiger partial charge in [-0.15, -0.1) is 0 Å². The molecule has 1 aliphatic heterocycles. The number of amides is 3. The molecule has 0 saturated carbocycles. The zero-order chi connectivity index (χ0) is 16.5. The van der Waals surface area contributed by atoms with Crippen molar-refractivity contribution in [3.63, 3.8) is 0 Å². The van der Waals surface area contributed by atoms with E-state index in [4.69, 9.17) is 4.74 Å². The molecule has 126 valence electrons. The Kier molecular flexibility index (Phi) is 7.87. The van der Waals surface area contributed by atoms with Crippen molar-refractivity contribution in [3.8, 4) is 0 Å². The number of esters is 1. The number of nitrogens with one attached hydrogen (secondary N) is 3. The molecular weight excluding hydrogens is 286 g/mol. The van der Waals surface area contributed by atoms with Crippen LogP contribution in [0, 0.1) is 5.92 Å². The number of hydrogen-bond donors (Lipinski definition) is 3. The summed E-state index contributed by atoms with van der Waals surface area (Å²) in [5.74, 6) is -0.482. The summed E-state index contributed by atoms with van der Waals surface area (Å²) < 4.78 is 5.02. The SMILES string of the molecule is CCOC(=O)C1CC[NH+](CC(=O)NC(=O)N[C@@H](C)CC)CC1. The lowest BCUT2D eigenvalue weighted by atomic mass is 9.97. The minimum Gasteiger partial charge on any atom is -0.466 e. The minimum absolute atomic E-state index is 0.0421. The highest BCUT2D eigenvalue weighted by Crippen LogP contribution is 2.11. The first-order chi connectivity index (χ1) is 10.5. The third-order valence-corrected chi connectivity index (χ3v) is 3.97. The lowest BCUT2D eigenvalue weighted by Gasteiger charge is -2.27. The molecule has 1 heterocycles.